The zero-order chi connectivity index (χ0) is 15.7. The van der Waals surface area contributed by atoms with Crippen LogP contribution in [0.25, 0.3) is 10.2 Å². The molecule has 6 nitrogen and oxygen atoms in total. The molecule has 0 saturated carbocycles. The maximum atomic E-state index is 10.7. The van der Waals surface area contributed by atoms with Gasteiger partial charge < -0.3 is 10.4 Å². The Morgan fingerprint density at radius 3 is 2.91 bits per heavy atom. The molecule has 0 aliphatic rings. The Balaban J connectivity index is 1.85. The van der Waals surface area contributed by atoms with Gasteiger partial charge in [-0.1, -0.05) is 6.92 Å². The molecular formula is C15H19N5OS. The highest BCUT2D eigenvalue weighted by Gasteiger charge is 2.25. The highest BCUT2D eigenvalue weighted by Crippen LogP contribution is 2.27. The van der Waals surface area contributed by atoms with E-state index in [1.54, 1.807) is 29.1 Å². The third-order valence-corrected chi connectivity index (χ3v) is 4.42. The van der Waals surface area contributed by atoms with Gasteiger partial charge in [0.25, 0.3) is 0 Å². The molecule has 2 N–H and O–H groups in total. The molecule has 0 spiro atoms. The minimum absolute atomic E-state index is 0.351. The molecule has 1 atom stereocenters. The third kappa shape index (κ3) is 2.82. The number of fused-ring (bicyclic) bond motifs is 1. The fourth-order valence-electron chi connectivity index (χ4n) is 2.25. The van der Waals surface area contributed by atoms with E-state index in [1.165, 1.54) is 0 Å². The first-order chi connectivity index (χ1) is 10.5. The van der Waals surface area contributed by atoms with E-state index >= 15 is 0 Å². The van der Waals surface area contributed by atoms with Gasteiger partial charge in [-0.05, 0) is 18.4 Å². The standard InChI is InChI=1S/C15H19N5OS/c1-4-12-18-13(11-5-6-22-14(11)19-12)16-9-15(2,21)10-7-17-20(3)8-10/h5-8,21H,4,9H2,1-3H3,(H,16,18,19). The van der Waals surface area contributed by atoms with Gasteiger partial charge in [-0.2, -0.15) is 5.10 Å². The van der Waals surface area contributed by atoms with Crippen LogP contribution in [0.15, 0.2) is 23.8 Å². The molecule has 3 rings (SSSR count). The molecule has 1 unspecified atom stereocenters. The van der Waals surface area contributed by atoms with E-state index in [-0.39, 0.29) is 0 Å². The van der Waals surface area contributed by atoms with Crippen LogP contribution < -0.4 is 5.32 Å². The lowest BCUT2D eigenvalue weighted by atomic mass is 10.00. The summed E-state index contributed by atoms with van der Waals surface area (Å²) in [5.41, 5.74) is -0.248. The number of rotatable bonds is 5. The van der Waals surface area contributed by atoms with Crippen molar-refractivity contribution in [2.24, 2.45) is 7.05 Å². The van der Waals surface area contributed by atoms with Crippen molar-refractivity contribution < 1.29 is 5.11 Å². The SMILES string of the molecule is CCc1nc(NCC(C)(O)c2cnn(C)c2)c2ccsc2n1. The molecule has 0 aliphatic heterocycles. The molecule has 116 valence electrons. The van der Waals surface area contributed by atoms with Gasteiger partial charge in [0.1, 0.15) is 22.1 Å². The third-order valence-electron chi connectivity index (χ3n) is 3.61. The molecule has 0 bridgehead atoms. The van der Waals surface area contributed by atoms with Crippen molar-refractivity contribution in [2.75, 3.05) is 11.9 Å². The molecule has 0 saturated heterocycles. The second kappa shape index (κ2) is 5.66. The largest absolute Gasteiger partial charge is 0.383 e. The number of nitrogens with zero attached hydrogens (tertiary/aromatic N) is 4. The van der Waals surface area contributed by atoms with E-state index in [1.807, 2.05) is 31.6 Å². The lowest BCUT2D eigenvalue weighted by Gasteiger charge is -2.23. The highest BCUT2D eigenvalue weighted by atomic mass is 32.1. The molecule has 0 amide bonds. The number of aromatic nitrogens is 4. The Bertz CT molecular complexity index is 792. The lowest BCUT2D eigenvalue weighted by Crippen LogP contribution is -2.30. The number of hydrogen-bond donors (Lipinski definition) is 2. The highest BCUT2D eigenvalue weighted by molar-refractivity contribution is 7.16. The van der Waals surface area contributed by atoms with Crippen LogP contribution in [0.3, 0.4) is 0 Å². The van der Waals surface area contributed by atoms with Crippen LogP contribution in [0.4, 0.5) is 5.82 Å². The second-order valence-electron chi connectivity index (χ2n) is 5.51. The molecule has 3 heterocycles. The summed E-state index contributed by atoms with van der Waals surface area (Å²) >= 11 is 1.60. The molecule has 0 fully saturated rings. The first-order valence-electron chi connectivity index (χ1n) is 7.19. The van der Waals surface area contributed by atoms with Crippen LogP contribution in [0, 0.1) is 0 Å². The summed E-state index contributed by atoms with van der Waals surface area (Å²) in [7, 11) is 1.83. The number of aryl methyl sites for hydroxylation is 2. The van der Waals surface area contributed by atoms with E-state index in [2.05, 4.69) is 20.4 Å². The van der Waals surface area contributed by atoms with Gasteiger partial charge in [0.15, 0.2) is 0 Å². The number of anilines is 1. The zero-order valence-electron chi connectivity index (χ0n) is 12.9. The van der Waals surface area contributed by atoms with Gasteiger partial charge in [0.05, 0.1) is 11.6 Å². The fourth-order valence-corrected chi connectivity index (χ4v) is 3.03. The van der Waals surface area contributed by atoms with E-state index in [0.717, 1.165) is 33.8 Å². The minimum Gasteiger partial charge on any atom is -0.383 e. The van der Waals surface area contributed by atoms with Gasteiger partial charge >= 0.3 is 0 Å². The Kier molecular flexibility index (Phi) is 3.84. The van der Waals surface area contributed by atoms with Crippen molar-refractivity contribution in [3.05, 3.63) is 35.2 Å². The van der Waals surface area contributed by atoms with Gasteiger partial charge in [-0.15, -0.1) is 11.3 Å². The number of hydrogen-bond acceptors (Lipinski definition) is 6. The molecule has 22 heavy (non-hydrogen) atoms. The first-order valence-corrected chi connectivity index (χ1v) is 8.07. The summed E-state index contributed by atoms with van der Waals surface area (Å²) in [4.78, 5) is 10.0. The summed E-state index contributed by atoms with van der Waals surface area (Å²) in [6.07, 6.45) is 4.28. The Hall–Kier alpha value is -1.99. The van der Waals surface area contributed by atoms with Gasteiger partial charge in [-0.3, -0.25) is 4.68 Å². The average Bonchev–Trinajstić information content (AvgIpc) is 3.13. The summed E-state index contributed by atoms with van der Waals surface area (Å²) in [5, 5.41) is 21.0. The van der Waals surface area contributed by atoms with Crippen molar-refractivity contribution in [1.29, 1.82) is 0 Å². The molecule has 7 heteroatoms. The van der Waals surface area contributed by atoms with E-state index in [9.17, 15) is 5.11 Å². The minimum atomic E-state index is -1.02. The molecule has 0 aromatic carbocycles. The van der Waals surface area contributed by atoms with Crippen LogP contribution in [-0.2, 0) is 19.1 Å². The van der Waals surface area contributed by atoms with E-state index in [4.69, 9.17) is 0 Å². The fraction of sp³-hybridized carbons (Fsp3) is 0.400. The van der Waals surface area contributed by atoms with Crippen LogP contribution >= 0.6 is 11.3 Å². The number of nitrogens with one attached hydrogen (secondary N) is 1. The summed E-state index contributed by atoms with van der Waals surface area (Å²) < 4.78 is 1.68. The van der Waals surface area contributed by atoms with Crippen molar-refractivity contribution in [3.63, 3.8) is 0 Å². The molecular weight excluding hydrogens is 298 g/mol. The zero-order valence-corrected chi connectivity index (χ0v) is 13.7. The smallest absolute Gasteiger partial charge is 0.138 e. The normalized spacial score (nSPS) is 14.2. The molecule has 0 radical (unpaired) electrons. The number of aliphatic hydroxyl groups is 1. The van der Waals surface area contributed by atoms with E-state index < -0.39 is 5.60 Å². The Morgan fingerprint density at radius 1 is 1.41 bits per heavy atom. The van der Waals surface area contributed by atoms with Crippen LogP contribution in [0.2, 0.25) is 0 Å². The van der Waals surface area contributed by atoms with Crippen molar-refractivity contribution in [2.45, 2.75) is 25.9 Å². The van der Waals surface area contributed by atoms with Gasteiger partial charge in [0.2, 0.25) is 0 Å². The van der Waals surface area contributed by atoms with Gasteiger partial charge in [0, 0.05) is 31.8 Å². The maximum absolute atomic E-state index is 10.7. The summed E-state index contributed by atoms with van der Waals surface area (Å²) in [6.45, 7) is 4.15. The second-order valence-corrected chi connectivity index (χ2v) is 6.41. The van der Waals surface area contributed by atoms with Crippen molar-refractivity contribution >= 4 is 27.4 Å². The summed E-state index contributed by atoms with van der Waals surface area (Å²) in [6, 6.07) is 2.00. The quantitative estimate of drug-likeness (QED) is 0.755. The van der Waals surface area contributed by atoms with Crippen molar-refractivity contribution in [1.82, 2.24) is 19.7 Å². The van der Waals surface area contributed by atoms with Crippen LogP contribution in [0.1, 0.15) is 25.2 Å². The monoisotopic (exact) mass is 317 g/mol. The summed E-state index contributed by atoms with van der Waals surface area (Å²) in [5.74, 6) is 1.57. The molecule has 0 aliphatic carbocycles. The Morgan fingerprint density at radius 2 is 2.23 bits per heavy atom. The van der Waals surface area contributed by atoms with Gasteiger partial charge in [-0.25, -0.2) is 9.97 Å². The van der Waals surface area contributed by atoms with E-state index in [0.29, 0.717) is 6.54 Å². The maximum Gasteiger partial charge on any atom is 0.138 e. The van der Waals surface area contributed by atoms with Crippen LogP contribution in [0.5, 0.6) is 0 Å². The predicted octanol–water partition coefficient (Wildman–Crippen LogP) is 2.31. The molecule has 3 aromatic heterocycles. The van der Waals surface area contributed by atoms with Crippen molar-refractivity contribution in [3.8, 4) is 0 Å². The lowest BCUT2D eigenvalue weighted by molar-refractivity contribution is 0.0714. The average molecular weight is 317 g/mol. The first kappa shape index (κ1) is 14.9. The van der Waals surface area contributed by atoms with Crippen LogP contribution in [-0.4, -0.2) is 31.4 Å². The molecule has 3 aromatic rings. The Labute approximate surface area is 132 Å². The topological polar surface area (TPSA) is 75.9 Å². The predicted molar refractivity (Wildman–Crippen MR) is 88.1 cm³/mol. The number of thiophene rings is 1.